The molecule has 38 heavy (non-hydrogen) atoms. The number of nitrogens with one attached hydrogen (secondary N) is 2. The Hall–Kier alpha value is -4.14. The normalized spacial score (nSPS) is 14.2. The molecule has 0 unspecified atom stereocenters. The molecule has 1 fully saturated rings. The molecule has 9 heteroatoms. The third-order valence-corrected chi connectivity index (χ3v) is 6.61. The van der Waals surface area contributed by atoms with E-state index in [0.29, 0.717) is 37.2 Å². The van der Waals surface area contributed by atoms with E-state index in [1.807, 2.05) is 31.2 Å². The Kier molecular flexibility index (Phi) is 8.14. The van der Waals surface area contributed by atoms with Gasteiger partial charge in [0, 0.05) is 29.9 Å². The Bertz CT molecular complexity index is 1300. The first-order valence-corrected chi connectivity index (χ1v) is 12.3. The van der Waals surface area contributed by atoms with Crippen molar-refractivity contribution in [2.75, 3.05) is 25.0 Å². The first kappa shape index (κ1) is 26.9. The topological polar surface area (TPSA) is 78.5 Å². The van der Waals surface area contributed by atoms with Gasteiger partial charge in [0.05, 0.1) is 12.1 Å². The number of piperidine rings is 1. The van der Waals surface area contributed by atoms with Crippen molar-refractivity contribution in [2.45, 2.75) is 31.9 Å². The zero-order valence-corrected chi connectivity index (χ0v) is 20.8. The molecule has 0 atom stereocenters. The van der Waals surface area contributed by atoms with E-state index in [1.165, 1.54) is 12.1 Å². The van der Waals surface area contributed by atoms with Crippen LogP contribution in [0.15, 0.2) is 72.8 Å². The lowest BCUT2D eigenvalue weighted by Crippen LogP contribution is -2.38. The minimum absolute atomic E-state index is 0.0356. The Morgan fingerprint density at radius 1 is 0.895 bits per heavy atom. The van der Waals surface area contributed by atoms with Gasteiger partial charge in [0.1, 0.15) is 0 Å². The van der Waals surface area contributed by atoms with Crippen molar-refractivity contribution in [2.24, 2.45) is 0 Å². The van der Waals surface area contributed by atoms with E-state index < -0.39 is 17.6 Å². The van der Waals surface area contributed by atoms with Gasteiger partial charge in [-0.05, 0) is 73.7 Å². The lowest BCUT2D eigenvalue weighted by Gasteiger charge is -2.32. The standard InChI is InChI=1S/C29H28F3N3O3/c1-19-5-7-22(8-6-19)27(37)33-18-26(36)34-25-11-9-20(10-12-25)21-13-15-35(16-14-21)28(38)23-3-2-4-24(17-23)29(30,31)32/h2-12,17,21H,13-16,18H2,1H3,(H,33,37)(H,34,36). The molecule has 1 aliphatic rings. The number of likely N-dealkylation sites (tertiary alicyclic amines) is 1. The van der Waals surface area contributed by atoms with E-state index in [1.54, 1.807) is 29.2 Å². The van der Waals surface area contributed by atoms with Crippen LogP contribution >= 0.6 is 0 Å². The predicted octanol–water partition coefficient (Wildman–Crippen LogP) is 5.40. The van der Waals surface area contributed by atoms with Crippen LogP contribution in [0.2, 0.25) is 0 Å². The summed E-state index contributed by atoms with van der Waals surface area (Å²) in [7, 11) is 0. The number of carbonyl (C=O) groups is 3. The van der Waals surface area contributed by atoms with Crippen molar-refractivity contribution >= 4 is 23.4 Å². The van der Waals surface area contributed by atoms with Gasteiger partial charge in [0.2, 0.25) is 5.91 Å². The molecule has 2 N–H and O–H groups in total. The summed E-state index contributed by atoms with van der Waals surface area (Å²) in [4.78, 5) is 38.8. The Morgan fingerprint density at radius 2 is 1.55 bits per heavy atom. The quantitative estimate of drug-likeness (QED) is 0.454. The molecule has 198 valence electrons. The van der Waals surface area contributed by atoms with Gasteiger partial charge in [-0.2, -0.15) is 13.2 Å². The zero-order valence-electron chi connectivity index (χ0n) is 20.8. The first-order valence-electron chi connectivity index (χ1n) is 12.3. The van der Waals surface area contributed by atoms with Crippen LogP contribution in [-0.4, -0.2) is 42.3 Å². The average molecular weight is 524 g/mol. The highest BCUT2D eigenvalue weighted by Crippen LogP contribution is 2.32. The second-order valence-corrected chi connectivity index (χ2v) is 9.36. The fourth-order valence-corrected chi connectivity index (χ4v) is 4.44. The summed E-state index contributed by atoms with van der Waals surface area (Å²) in [6.07, 6.45) is -3.13. The summed E-state index contributed by atoms with van der Waals surface area (Å²) in [5.74, 6) is -0.880. The lowest BCUT2D eigenvalue weighted by molar-refractivity contribution is -0.137. The molecular formula is C29H28F3N3O3. The lowest BCUT2D eigenvalue weighted by atomic mass is 9.89. The van der Waals surface area contributed by atoms with Crippen LogP contribution in [0.3, 0.4) is 0 Å². The van der Waals surface area contributed by atoms with Crippen LogP contribution in [0, 0.1) is 6.92 Å². The van der Waals surface area contributed by atoms with E-state index in [0.717, 1.165) is 23.3 Å². The number of rotatable bonds is 6. The monoisotopic (exact) mass is 523 g/mol. The molecule has 3 aromatic rings. The Balaban J connectivity index is 1.26. The van der Waals surface area contributed by atoms with Gasteiger partial charge in [-0.25, -0.2) is 0 Å². The number of hydrogen-bond donors (Lipinski definition) is 2. The number of aryl methyl sites for hydroxylation is 1. The molecule has 1 saturated heterocycles. The molecule has 0 saturated carbocycles. The smallest absolute Gasteiger partial charge is 0.343 e. The summed E-state index contributed by atoms with van der Waals surface area (Å²) >= 11 is 0. The molecule has 0 spiro atoms. The molecule has 0 aromatic heterocycles. The Labute approximate surface area is 218 Å². The van der Waals surface area contributed by atoms with Crippen molar-refractivity contribution in [1.29, 1.82) is 0 Å². The maximum Gasteiger partial charge on any atom is 0.416 e. The minimum atomic E-state index is -4.50. The third kappa shape index (κ3) is 6.79. The minimum Gasteiger partial charge on any atom is -0.343 e. The van der Waals surface area contributed by atoms with Gasteiger partial charge in [0.15, 0.2) is 0 Å². The SMILES string of the molecule is Cc1ccc(C(=O)NCC(=O)Nc2ccc(C3CCN(C(=O)c4cccc(C(F)(F)F)c4)CC3)cc2)cc1. The van der Waals surface area contributed by atoms with Crippen LogP contribution < -0.4 is 10.6 Å². The molecule has 6 nitrogen and oxygen atoms in total. The molecular weight excluding hydrogens is 495 g/mol. The van der Waals surface area contributed by atoms with Gasteiger partial charge < -0.3 is 15.5 Å². The van der Waals surface area contributed by atoms with Gasteiger partial charge in [-0.1, -0.05) is 35.9 Å². The predicted molar refractivity (Wildman–Crippen MR) is 138 cm³/mol. The van der Waals surface area contributed by atoms with Crippen LogP contribution in [0.5, 0.6) is 0 Å². The largest absolute Gasteiger partial charge is 0.416 e. The number of carbonyl (C=O) groups excluding carboxylic acids is 3. The summed E-state index contributed by atoms with van der Waals surface area (Å²) < 4.78 is 39.0. The van der Waals surface area contributed by atoms with Gasteiger partial charge in [-0.15, -0.1) is 0 Å². The van der Waals surface area contributed by atoms with Gasteiger partial charge >= 0.3 is 6.18 Å². The number of amides is 3. The number of alkyl halides is 3. The van der Waals surface area contributed by atoms with E-state index in [9.17, 15) is 27.6 Å². The van der Waals surface area contributed by atoms with E-state index in [2.05, 4.69) is 10.6 Å². The highest BCUT2D eigenvalue weighted by atomic mass is 19.4. The molecule has 0 radical (unpaired) electrons. The molecule has 3 aromatic carbocycles. The molecule has 4 rings (SSSR count). The van der Waals surface area contributed by atoms with Crippen molar-refractivity contribution in [3.63, 3.8) is 0 Å². The van der Waals surface area contributed by atoms with Crippen LogP contribution in [0.25, 0.3) is 0 Å². The Morgan fingerprint density at radius 3 is 2.18 bits per heavy atom. The van der Waals surface area contributed by atoms with Crippen molar-refractivity contribution < 1.29 is 27.6 Å². The molecule has 0 aliphatic carbocycles. The molecule has 3 amide bonds. The number of nitrogens with zero attached hydrogens (tertiary/aromatic N) is 1. The second-order valence-electron chi connectivity index (χ2n) is 9.36. The number of benzene rings is 3. The maximum atomic E-state index is 13.0. The van der Waals surface area contributed by atoms with E-state index in [-0.39, 0.29) is 29.8 Å². The number of anilines is 1. The van der Waals surface area contributed by atoms with E-state index >= 15 is 0 Å². The summed E-state index contributed by atoms with van der Waals surface area (Å²) in [5, 5.41) is 5.35. The van der Waals surface area contributed by atoms with Gasteiger partial charge in [0.25, 0.3) is 11.8 Å². The number of hydrogen-bond acceptors (Lipinski definition) is 3. The number of halogens is 3. The maximum absolute atomic E-state index is 13.0. The van der Waals surface area contributed by atoms with Crippen molar-refractivity contribution in [1.82, 2.24) is 10.2 Å². The van der Waals surface area contributed by atoms with E-state index in [4.69, 9.17) is 0 Å². The van der Waals surface area contributed by atoms with Crippen molar-refractivity contribution in [3.05, 3.63) is 101 Å². The molecule has 1 heterocycles. The fraction of sp³-hybridized carbons (Fsp3) is 0.276. The summed E-state index contributed by atoms with van der Waals surface area (Å²) in [6.45, 7) is 2.65. The third-order valence-electron chi connectivity index (χ3n) is 6.61. The highest BCUT2D eigenvalue weighted by Gasteiger charge is 2.32. The molecule has 1 aliphatic heterocycles. The fourth-order valence-electron chi connectivity index (χ4n) is 4.44. The molecule has 0 bridgehead atoms. The second kappa shape index (κ2) is 11.5. The van der Waals surface area contributed by atoms with Crippen LogP contribution in [0.1, 0.15) is 56.2 Å². The van der Waals surface area contributed by atoms with Crippen LogP contribution in [-0.2, 0) is 11.0 Å². The van der Waals surface area contributed by atoms with Gasteiger partial charge in [-0.3, -0.25) is 14.4 Å². The first-order chi connectivity index (χ1) is 18.1. The van der Waals surface area contributed by atoms with Crippen molar-refractivity contribution in [3.8, 4) is 0 Å². The summed E-state index contributed by atoms with van der Waals surface area (Å²) in [5.41, 5.74) is 2.38. The average Bonchev–Trinajstić information content (AvgIpc) is 2.92. The zero-order chi connectivity index (χ0) is 27.3. The summed E-state index contributed by atoms with van der Waals surface area (Å²) in [6, 6.07) is 19.0. The highest BCUT2D eigenvalue weighted by molar-refractivity contribution is 5.99. The van der Waals surface area contributed by atoms with Crippen LogP contribution in [0.4, 0.5) is 18.9 Å².